The number of hydrogen-bond donors (Lipinski definition) is 2. The van der Waals surface area contributed by atoms with Crippen LogP contribution in [-0.2, 0) is 20.9 Å². The maximum absolute atomic E-state index is 13.8. The van der Waals surface area contributed by atoms with Gasteiger partial charge in [0.05, 0.1) is 42.8 Å². The minimum atomic E-state index is -0.596. The number of carbonyl (C=O) groups excluding carboxylic acids is 3. The van der Waals surface area contributed by atoms with Gasteiger partial charge >= 0.3 is 6.09 Å². The summed E-state index contributed by atoms with van der Waals surface area (Å²) in [7, 11) is 1.30. The van der Waals surface area contributed by atoms with Gasteiger partial charge in [0.1, 0.15) is 0 Å². The maximum Gasteiger partial charge on any atom is 0.411 e. The van der Waals surface area contributed by atoms with Crippen molar-refractivity contribution < 1.29 is 19.1 Å². The SMILES string of the molecule is COC(=O)Nc1ccc2c(c1)NC(=O)[C@H](C)CCC[C@H](N1CCC(c3cncn3Cc3ccccc3)=CC1=O)c1cc-2ccn1. The van der Waals surface area contributed by atoms with E-state index in [1.54, 1.807) is 24.4 Å². The van der Waals surface area contributed by atoms with Gasteiger partial charge in [-0.05, 0) is 60.2 Å². The fourth-order valence-corrected chi connectivity index (χ4v) is 6.07. The van der Waals surface area contributed by atoms with E-state index >= 15 is 0 Å². The lowest BCUT2D eigenvalue weighted by atomic mass is 9.93. The first-order chi connectivity index (χ1) is 21.9. The first-order valence-corrected chi connectivity index (χ1v) is 15.2. The number of anilines is 2. The zero-order valence-corrected chi connectivity index (χ0v) is 25.4. The van der Waals surface area contributed by atoms with Gasteiger partial charge in [-0.2, -0.15) is 0 Å². The lowest BCUT2D eigenvalue weighted by Crippen LogP contribution is -2.38. The summed E-state index contributed by atoms with van der Waals surface area (Å²) in [6.45, 7) is 3.13. The first kappa shape index (κ1) is 29.8. The topological polar surface area (TPSA) is 118 Å². The molecule has 2 aromatic heterocycles. The number of imidazole rings is 1. The minimum Gasteiger partial charge on any atom is -0.453 e. The summed E-state index contributed by atoms with van der Waals surface area (Å²) in [4.78, 5) is 49.9. The van der Waals surface area contributed by atoms with Crippen molar-refractivity contribution in [2.45, 2.75) is 45.2 Å². The number of nitrogens with zero attached hydrogens (tertiary/aromatic N) is 4. The molecule has 2 aliphatic rings. The second-order valence-corrected chi connectivity index (χ2v) is 11.5. The van der Waals surface area contributed by atoms with Gasteiger partial charge in [-0.15, -0.1) is 0 Å². The molecule has 0 saturated carbocycles. The van der Waals surface area contributed by atoms with E-state index < -0.39 is 6.09 Å². The van der Waals surface area contributed by atoms with Gasteiger partial charge in [0.25, 0.3) is 0 Å². The monoisotopic (exact) mass is 604 g/mol. The van der Waals surface area contributed by atoms with E-state index in [9.17, 15) is 14.4 Å². The summed E-state index contributed by atoms with van der Waals surface area (Å²) in [6.07, 6.45) is 9.30. The number of rotatable bonds is 5. The third-order valence-electron chi connectivity index (χ3n) is 8.52. The van der Waals surface area contributed by atoms with E-state index in [1.807, 2.05) is 60.7 Å². The molecule has 0 radical (unpaired) electrons. The Morgan fingerprint density at radius 3 is 2.73 bits per heavy atom. The van der Waals surface area contributed by atoms with Crippen LogP contribution < -0.4 is 10.6 Å². The molecule has 2 atom stereocenters. The molecule has 4 heterocycles. The van der Waals surface area contributed by atoms with Gasteiger partial charge in [-0.25, -0.2) is 9.78 Å². The Hall–Kier alpha value is -5.25. The molecule has 10 nitrogen and oxygen atoms in total. The number of carbonyl (C=O) groups is 3. The lowest BCUT2D eigenvalue weighted by Gasteiger charge is -2.34. The summed E-state index contributed by atoms with van der Waals surface area (Å²) in [5, 5.41) is 5.72. The van der Waals surface area contributed by atoms with Crippen molar-refractivity contribution in [1.29, 1.82) is 0 Å². The molecule has 2 aliphatic heterocycles. The number of aromatic nitrogens is 3. The number of nitrogens with one attached hydrogen (secondary N) is 2. The van der Waals surface area contributed by atoms with Gasteiger partial charge in [-0.1, -0.05) is 49.7 Å². The molecular weight excluding hydrogens is 568 g/mol. The molecule has 0 spiro atoms. The molecule has 0 unspecified atom stereocenters. The number of hydrogen-bond acceptors (Lipinski definition) is 6. The van der Waals surface area contributed by atoms with Crippen LogP contribution in [0.2, 0.25) is 0 Å². The van der Waals surface area contributed by atoms with Crippen LogP contribution in [0.3, 0.4) is 0 Å². The van der Waals surface area contributed by atoms with E-state index in [1.165, 1.54) is 12.7 Å². The quantitative estimate of drug-likeness (QED) is 0.277. The highest BCUT2D eigenvalue weighted by atomic mass is 16.5. The van der Waals surface area contributed by atoms with Crippen LogP contribution in [0.4, 0.5) is 16.2 Å². The van der Waals surface area contributed by atoms with Crippen molar-refractivity contribution in [2.75, 3.05) is 24.3 Å². The standard InChI is InChI=1S/C35H36N6O4/c1-23-7-6-10-31(41-16-14-26(18-33(41)42)32-20-36-22-40(32)21-24-8-4-3-5-9-24)30-17-25(13-15-37-30)28-12-11-27(38-35(44)45-2)19-29(28)39-34(23)43/h3-5,8-9,11-13,15,17-20,22-23,31H,6-7,10,14,16,21H2,1-2H3,(H,38,44)(H,39,43)/t23-,31+/m1/s1. The molecule has 3 amide bonds. The molecule has 4 aromatic rings. The van der Waals surface area contributed by atoms with Gasteiger partial charge in [-0.3, -0.25) is 19.9 Å². The highest BCUT2D eigenvalue weighted by molar-refractivity contribution is 5.99. The largest absolute Gasteiger partial charge is 0.453 e. The van der Waals surface area contributed by atoms with E-state index in [2.05, 4.69) is 32.3 Å². The number of pyridine rings is 1. The Balaban J connectivity index is 1.31. The molecule has 230 valence electrons. The predicted molar refractivity (Wildman–Crippen MR) is 172 cm³/mol. The maximum atomic E-state index is 13.8. The zero-order chi connectivity index (χ0) is 31.3. The second-order valence-electron chi connectivity index (χ2n) is 11.5. The first-order valence-electron chi connectivity index (χ1n) is 15.2. The van der Waals surface area contributed by atoms with Crippen molar-refractivity contribution in [3.63, 3.8) is 0 Å². The highest BCUT2D eigenvalue weighted by Crippen LogP contribution is 2.37. The normalized spacial score (nSPS) is 18.5. The van der Waals surface area contributed by atoms with E-state index in [-0.39, 0.29) is 23.8 Å². The smallest absolute Gasteiger partial charge is 0.411 e. The minimum absolute atomic E-state index is 0.0577. The van der Waals surface area contributed by atoms with Crippen molar-refractivity contribution in [3.8, 4) is 11.1 Å². The average Bonchev–Trinajstić information content (AvgIpc) is 3.51. The summed E-state index contributed by atoms with van der Waals surface area (Å²) in [6, 6.07) is 19.2. The second kappa shape index (κ2) is 13.2. The summed E-state index contributed by atoms with van der Waals surface area (Å²) in [5.41, 5.74) is 6.59. The molecule has 10 heteroatoms. The molecule has 2 bridgehead atoms. The predicted octanol–water partition coefficient (Wildman–Crippen LogP) is 6.29. The molecule has 0 aliphatic carbocycles. The number of fused-ring (bicyclic) bond motifs is 4. The number of amides is 3. The van der Waals surface area contributed by atoms with Crippen molar-refractivity contribution in [2.24, 2.45) is 5.92 Å². The Labute approximate surface area is 262 Å². The van der Waals surface area contributed by atoms with Crippen molar-refractivity contribution in [3.05, 3.63) is 102 Å². The lowest BCUT2D eigenvalue weighted by molar-refractivity contribution is -0.129. The van der Waals surface area contributed by atoms with Crippen LogP contribution in [-0.4, -0.2) is 51.0 Å². The molecule has 6 rings (SSSR count). The molecule has 2 N–H and O–H groups in total. The van der Waals surface area contributed by atoms with E-state index in [0.717, 1.165) is 34.5 Å². The Morgan fingerprint density at radius 1 is 1.09 bits per heavy atom. The van der Waals surface area contributed by atoms with Crippen molar-refractivity contribution >= 4 is 34.9 Å². The van der Waals surface area contributed by atoms with E-state index in [4.69, 9.17) is 9.72 Å². The molecule has 45 heavy (non-hydrogen) atoms. The fraction of sp³-hybridized carbons (Fsp3) is 0.286. The fourth-order valence-electron chi connectivity index (χ4n) is 6.07. The highest BCUT2D eigenvalue weighted by Gasteiger charge is 2.30. The zero-order valence-electron chi connectivity index (χ0n) is 25.4. The van der Waals surface area contributed by atoms with Crippen LogP contribution in [0.1, 0.15) is 55.6 Å². The third kappa shape index (κ3) is 6.64. The average molecular weight is 605 g/mol. The number of ether oxygens (including phenoxy) is 1. The van der Waals surface area contributed by atoms with Crippen molar-refractivity contribution in [1.82, 2.24) is 19.4 Å². The Morgan fingerprint density at radius 2 is 1.93 bits per heavy atom. The van der Waals surface area contributed by atoms with Crippen LogP contribution >= 0.6 is 0 Å². The van der Waals surface area contributed by atoms with Gasteiger partial charge < -0.3 is 19.5 Å². The molecule has 0 saturated heterocycles. The van der Waals surface area contributed by atoms with E-state index in [0.29, 0.717) is 43.7 Å². The number of benzene rings is 2. The molecule has 2 aromatic carbocycles. The number of methoxy groups -OCH3 is 1. The van der Waals surface area contributed by atoms with Gasteiger partial charge in [0, 0.05) is 42.5 Å². The van der Waals surface area contributed by atoms with Gasteiger partial charge in [0.2, 0.25) is 11.8 Å². The van der Waals surface area contributed by atoms with Crippen LogP contribution in [0.25, 0.3) is 16.7 Å². The summed E-state index contributed by atoms with van der Waals surface area (Å²) < 4.78 is 6.82. The van der Waals surface area contributed by atoms with Gasteiger partial charge in [0.15, 0.2) is 0 Å². The summed E-state index contributed by atoms with van der Waals surface area (Å²) in [5.74, 6) is -0.417. The Kier molecular flexibility index (Phi) is 8.72. The van der Waals surface area contributed by atoms with Crippen LogP contribution in [0.15, 0.2) is 85.5 Å². The van der Waals surface area contributed by atoms with Crippen LogP contribution in [0, 0.1) is 5.92 Å². The third-order valence-corrected chi connectivity index (χ3v) is 8.52. The Bertz CT molecular complexity index is 1750. The summed E-state index contributed by atoms with van der Waals surface area (Å²) >= 11 is 0. The molecular formula is C35H36N6O4. The van der Waals surface area contributed by atoms with Crippen LogP contribution in [0.5, 0.6) is 0 Å². The molecule has 0 fully saturated rings.